The van der Waals surface area contributed by atoms with Gasteiger partial charge in [0.1, 0.15) is 6.61 Å². The molecule has 0 aromatic heterocycles. The van der Waals surface area contributed by atoms with Crippen LogP contribution in [0, 0.1) is 0 Å². The molecule has 0 atom stereocenters. The summed E-state index contributed by atoms with van der Waals surface area (Å²) in [6.07, 6.45) is 1.45. The molecule has 0 aromatic carbocycles. The quantitative estimate of drug-likeness (QED) is 0.476. The fraction of sp³-hybridized carbons (Fsp3) is 0.600. The minimum Gasteiger partial charge on any atom is -0.504 e. The summed E-state index contributed by atoms with van der Waals surface area (Å²) in [7, 11) is 1.53. The summed E-state index contributed by atoms with van der Waals surface area (Å²) in [6, 6.07) is 0. The third-order valence-electron chi connectivity index (χ3n) is 0.547. The first kappa shape index (κ1) is 6.50. The molecule has 0 spiro atoms. The Morgan fingerprint density at radius 1 is 1.86 bits per heavy atom. The number of methoxy groups -OCH3 is 1. The molecule has 0 aliphatic rings. The predicted molar refractivity (Wildman–Crippen MR) is 26.3 cm³/mol. The van der Waals surface area contributed by atoms with E-state index in [0.29, 0.717) is 0 Å². The van der Waals surface area contributed by atoms with Crippen molar-refractivity contribution < 1.29 is 9.84 Å². The SMILES string of the molecule is CO/C=C(\C)C[O]. The van der Waals surface area contributed by atoms with Gasteiger partial charge in [-0.15, -0.1) is 0 Å². The van der Waals surface area contributed by atoms with Gasteiger partial charge in [0, 0.05) is 0 Å². The molecule has 0 rings (SSSR count). The average Bonchev–Trinajstić information content (AvgIpc) is 1.68. The monoisotopic (exact) mass is 101 g/mol. The molecule has 0 saturated carbocycles. The molecule has 2 nitrogen and oxygen atoms in total. The number of rotatable bonds is 2. The van der Waals surface area contributed by atoms with Crippen LogP contribution >= 0.6 is 0 Å². The van der Waals surface area contributed by atoms with Gasteiger partial charge in [0.15, 0.2) is 0 Å². The van der Waals surface area contributed by atoms with Crippen molar-refractivity contribution in [3.63, 3.8) is 0 Å². The maximum Gasteiger partial charge on any atom is 0.106 e. The Balaban J connectivity index is 3.29. The lowest BCUT2D eigenvalue weighted by Crippen LogP contribution is -1.81. The van der Waals surface area contributed by atoms with E-state index in [1.54, 1.807) is 6.92 Å². The smallest absolute Gasteiger partial charge is 0.106 e. The second kappa shape index (κ2) is 3.68. The average molecular weight is 101 g/mol. The van der Waals surface area contributed by atoms with Gasteiger partial charge in [-0.2, -0.15) is 0 Å². The van der Waals surface area contributed by atoms with Gasteiger partial charge in [-0.3, -0.25) is 0 Å². The zero-order chi connectivity index (χ0) is 5.70. The summed E-state index contributed by atoms with van der Waals surface area (Å²) >= 11 is 0. The lowest BCUT2D eigenvalue weighted by molar-refractivity contribution is 0.217. The third-order valence-corrected chi connectivity index (χ3v) is 0.547. The first-order valence-corrected chi connectivity index (χ1v) is 2.07. The fourth-order valence-corrected chi connectivity index (χ4v) is 0.235. The van der Waals surface area contributed by atoms with E-state index in [9.17, 15) is 5.11 Å². The maximum absolute atomic E-state index is 9.87. The molecule has 1 radical (unpaired) electrons. The van der Waals surface area contributed by atoms with Crippen molar-refractivity contribution in [3.05, 3.63) is 11.8 Å². The Labute approximate surface area is 43.4 Å². The standard InChI is InChI=1S/C5H9O2/c1-5(3-6)4-7-2/h4H,3H2,1-2H3/b5-4+. The van der Waals surface area contributed by atoms with Crippen LogP contribution in [0.2, 0.25) is 0 Å². The van der Waals surface area contributed by atoms with E-state index < -0.39 is 0 Å². The summed E-state index contributed by atoms with van der Waals surface area (Å²) in [5, 5.41) is 9.87. The summed E-state index contributed by atoms with van der Waals surface area (Å²) in [5.74, 6) is 0. The second-order valence-corrected chi connectivity index (χ2v) is 1.34. The first-order chi connectivity index (χ1) is 3.31. The Hall–Kier alpha value is -0.500. The zero-order valence-electron chi connectivity index (χ0n) is 4.60. The van der Waals surface area contributed by atoms with Crippen LogP contribution in [0.5, 0.6) is 0 Å². The summed E-state index contributed by atoms with van der Waals surface area (Å²) in [6.45, 7) is 1.56. The molecule has 2 heteroatoms. The summed E-state index contributed by atoms with van der Waals surface area (Å²) in [4.78, 5) is 0. The zero-order valence-corrected chi connectivity index (χ0v) is 4.60. The molecular weight excluding hydrogens is 92.1 g/mol. The number of ether oxygens (including phenoxy) is 1. The molecule has 0 amide bonds. The summed E-state index contributed by atoms with van der Waals surface area (Å²) in [5.41, 5.74) is 0.725. The largest absolute Gasteiger partial charge is 0.504 e. The van der Waals surface area contributed by atoms with Crippen LogP contribution in [0.25, 0.3) is 0 Å². The molecule has 0 heterocycles. The van der Waals surface area contributed by atoms with Crippen LogP contribution < -0.4 is 0 Å². The van der Waals surface area contributed by atoms with Gasteiger partial charge in [-0.05, 0) is 12.5 Å². The van der Waals surface area contributed by atoms with Crippen LogP contribution in [0.15, 0.2) is 11.8 Å². The van der Waals surface area contributed by atoms with Crippen molar-refractivity contribution in [1.29, 1.82) is 0 Å². The first-order valence-electron chi connectivity index (χ1n) is 2.07. The minimum atomic E-state index is -0.173. The topological polar surface area (TPSA) is 29.1 Å². The van der Waals surface area contributed by atoms with Gasteiger partial charge in [0.05, 0.1) is 13.4 Å². The third kappa shape index (κ3) is 3.33. The Bertz CT molecular complexity index is 66.5. The highest BCUT2D eigenvalue weighted by Gasteiger charge is 1.81. The fourth-order valence-electron chi connectivity index (χ4n) is 0.235. The van der Waals surface area contributed by atoms with Crippen LogP contribution in [-0.4, -0.2) is 13.7 Å². The molecule has 0 unspecified atom stereocenters. The van der Waals surface area contributed by atoms with Crippen LogP contribution in [0.3, 0.4) is 0 Å². The van der Waals surface area contributed by atoms with Gasteiger partial charge < -0.3 is 4.74 Å². The predicted octanol–water partition coefficient (Wildman–Crippen LogP) is 0.967. The minimum absolute atomic E-state index is 0.173. The van der Waals surface area contributed by atoms with Crippen molar-refractivity contribution in [2.24, 2.45) is 0 Å². The highest BCUT2D eigenvalue weighted by atomic mass is 16.5. The van der Waals surface area contributed by atoms with Crippen LogP contribution in [0.1, 0.15) is 6.92 Å². The number of hydrogen-bond donors (Lipinski definition) is 0. The van der Waals surface area contributed by atoms with Gasteiger partial charge in [0.25, 0.3) is 0 Å². The van der Waals surface area contributed by atoms with Gasteiger partial charge in [0.2, 0.25) is 0 Å². The van der Waals surface area contributed by atoms with Crippen LogP contribution in [-0.2, 0) is 9.84 Å². The number of hydrogen-bond acceptors (Lipinski definition) is 1. The normalized spacial score (nSPS) is 11.6. The van der Waals surface area contributed by atoms with E-state index in [2.05, 4.69) is 4.74 Å². The van der Waals surface area contributed by atoms with Crippen LogP contribution in [0.4, 0.5) is 0 Å². The second-order valence-electron chi connectivity index (χ2n) is 1.34. The molecule has 41 valence electrons. The molecule has 0 bridgehead atoms. The van der Waals surface area contributed by atoms with Crippen molar-refractivity contribution >= 4 is 0 Å². The highest BCUT2D eigenvalue weighted by Crippen LogP contribution is 1.87. The van der Waals surface area contributed by atoms with Crippen molar-refractivity contribution in [2.45, 2.75) is 6.92 Å². The van der Waals surface area contributed by atoms with Gasteiger partial charge >= 0.3 is 0 Å². The highest BCUT2D eigenvalue weighted by molar-refractivity contribution is 4.91. The van der Waals surface area contributed by atoms with E-state index in [0.717, 1.165) is 5.57 Å². The van der Waals surface area contributed by atoms with Crippen molar-refractivity contribution in [2.75, 3.05) is 13.7 Å². The molecular formula is C5H9O2. The molecule has 0 aliphatic carbocycles. The van der Waals surface area contributed by atoms with Gasteiger partial charge in [-0.1, -0.05) is 0 Å². The van der Waals surface area contributed by atoms with E-state index in [-0.39, 0.29) is 6.61 Å². The molecule has 0 saturated heterocycles. The Morgan fingerprint density at radius 2 is 2.43 bits per heavy atom. The molecule has 7 heavy (non-hydrogen) atoms. The van der Waals surface area contributed by atoms with Crippen molar-refractivity contribution in [1.82, 2.24) is 0 Å². The Morgan fingerprint density at radius 3 is 2.57 bits per heavy atom. The van der Waals surface area contributed by atoms with Gasteiger partial charge in [-0.25, -0.2) is 5.11 Å². The lowest BCUT2D eigenvalue weighted by atomic mass is 10.4. The maximum atomic E-state index is 9.87. The van der Waals surface area contributed by atoms with E-state index >= 15 is 0 Å². The van der Waals surface area contributed by atoms with E-state index in [1.807, 2.05) is 0 Å². The lowest BCUT2D eigenvalue weighted by Gasteiger charge is -1.88. The summed E-state index contributed by atoms with van der Waals surface area (Å²) < 4.78 is 4.53. The molecule has 0 aromatic rings. The molecule has 0 fully saturated rings. The molecule has 0 N–H and O–H groups in total. The molecule has 0 aliphatic heterocycles. The Kier molecular flexibility index (Phi) is 3.42. The van der Waals surface area contributed by atoms with Crippen molar-refractivity contribution in [3.8, 4) is 0 Å². The van der Waals surface area contributed by atoms with E-state index in [4.69, 9.17) is 0 Å². The van der Waals surface area contributed by atoms with E-state index in [1.165, 1.54) is 13.4 Å².